The van der Waals surface area contributed by atoms with E-state index >= 15 is 0 Å². The minimum Gasteiger partial charge on any atom is -0.343 e. The van der Waals surface area contributed by atoms with Crippen molar-refractivity contribution >= 4 is 23.3 Å². The van der Waals surface area contributed by atoms with Crippen LogP contribution >= 0.6 is 0 Å². The van der Waals surface area contributed by atoms with E-state index in [-0.39, 0.29) is 11.7 Å². The molecule has 1 heterocycles. The summed E-state index contributed by atoms with van der Waals surface area (Å²) in [5.41, 5.74) is 1.67. The first kappa shape index (κ1) is 18.8. The quantitative estimate of drug-likeness (QED) is 0.799. The van der Waals surface area contributed by atoms with Gasteiger partial charge in [0.25, 0.3) is 0 Å². The summed E-state index contributed by atoms with van der Waals surface area (Å²) >= 11 is 0. The zero-order valence-corrected chi connectivity index (χ0v) is 15.8. The Morgan fingerprint density at radius 1 is 1.04 bits per heavy atom. The summed E-state index contributed by atoms with van der Waals surface area (Å²) in [5.74, 6) is -2.55. The number of carbonyl (C=O) groups excluding carboxylic acids is 3. The molecule has 2 atom stereocenters. The summed E-state index contributed by atoms with van der Waals surface area (Å²) in [6, 6.07) is 17.2. The lowest BCUT2D eigenvalue weighted by Gasteiger charge is -2.24. The lowest BCUT2D eigenvalue weighted by Crippen LogP contribution is -2.44. The number of hydrogen-bond acceptors (Lipinski definition) is 3. The van der Waals surface area contributed by atoms with Gasteiger partial charge in [-0.15, -0.1) is 0 Å². The van der Waals surface area contributed by atoms with Gasteiger partial charge in [0.05, 0.1) is 5.54 Å². The lowest BCUT2D eigenvalue weighted by molar-refractivity contribution is -0.135. The molecule has 2 unspecified atom stereocenters. The van der Waals surface area contributed by atoms with Crippen LogP contribution in [0.25, 0.3) is 11.1 Å². The predicted octanol–water partition coefficient (Wildman–Crippen LogP) is 3.41. The highest BCUT2D eigenvalue weighted by atomic mass is 16.2. The van der Waals surface area contributed by atoms with E-state index in [0.29, 0.717) is 12.1 Å². The molecule has 0 bridgehead atoms. The van der Waals surface area contributed by atoms with Crippen molar-refractivity contribution in [3.05, 3.63) is 54.6 Å². The molecular weight excluding hydrogens is 340 g/mol. The molecule has 2 aromatic carbocycles. The lowest BCUT2D eigenvalue weighted by atomic mass is 9.85. The van der Waals surface area contributed by atoms with Gasteiger partial charge in [0.2, 0.25) is 11.8 Å². The summed E-state index contributed by atoms with van der Waals surface area (Å²) < 4.78 is 0. The van der Waals surface area contributed by atoms with E-state index in [9.17, 15) is 14.4 Å². The topological polar surface area (TPSA) is 75.3 Å². The molecule has 2 N–H and O–H groups in total. The molecule has 1 saturated heterocycles. The van der Waals surface area contributed by atoms with Crippen LogP contribution in [0.2, 0.25) is 0 Å². The van der Waals surface area contributed by atoms with E-state index in [1.165, 1.54) is 0 Å². The molecule has 0 radical (unpaired) electrons. The second-order valence-electron chi connectivity index (χ2n) is 7.65. The van der Waals surface area contributed by atoms with Gasteiger partial charge in [-0.3, -0.25) is 14.4 Å². The Hall–Kier alpha value is -2.95. The third-order valence-electron chi connectivity index (χ3n) is 4.81. The molecule has 2 amide bonds. The van der Waals surface area contributed by atoms with Crippen molar-refractivity contribution < 1.29 is 14.4 Å². The van der Waals surface area contributed by atoms with Gasteiger partial charge in [-0.1, -0.05) is 56.3 Å². The van der Waals surface area contributed by atoms with E-state index in [2.05, 4.69) is 10.6 Å². The van der Waals surface area contributed by atoms with Crippen LogP contribution in [-0.2, 0) is 14.4 Å². The van der Waals surface area contributed by atoms with Gasteiger partial charge in [-0.05, 0) is 42.5 Å². The fourth-order valence-corrected chi connectivity index (χ4v) is 3.64. The monoisotopic (exact) mass is 364 g/mol. The zero-order chi connectivity index (χ0) is 19.6. The molecule has 27 heavy (non-hydrogen) atoms. The second-order valence-corrected chi connectivity index (χ2v) is 7.65. The Kier molecular flexibility index (Phi) is 5.13. The largest absolute Gasteiger partial charge is 0.343 e. The van der Waals surface area contributed by atoms with Gasteiger partial charge in [0.15, 0.2) is 11.7 Å². The first-order chi connectivity index (χ1) is 12.8. The molecule has 1 aliphatic rings. The Morgan fingerprint density at radius 2 is 1.63 bits per heavy atom. The molecule has 1 aliphatic heterocycles. The van der Waals surface area contributed by atoms with Gasteiger partial charge in [0.1, 0.15) is 0 Å². The fourth-order valence-electron chi connectivity index (χ4n) is 3.64. The minimum atomic E-state index is -1.30. The van der Waals surface area contributed by atoms with Crippen LogP contribution in [0.3, 0.4) is 0 Å². The summed E-state index contributed by atoms with van der Waals surface area (Å²) in [6.45, 7) is 5.65. The van der Waals surface area contributed by atoms with E-state index in [0.717, 1.165) is 11.1 Å². The highest BCUT2D eigenvalue weighted by Crippen LogP contribution is 2.28. The molecule has 140 valence electrons. The molecule has 0 aromatic heterocycles. The Bertz CT molecular complexity index is 859. The van der Waals surface area contributed by atoms with Crippen molar-refractivity contribution in [3.63, 3.8) is 0 Å². The molecular formula is C22H24N2O3. The summed E-state index contributed by atoms with van der Waals surface area (Å²) in [6.07, 6.45) is 0.507. The van der Waals surface area contributed by atoms with Crippen molar-refractivity contribution in [1.82, 2.24) is 5.32 Å². The normalized spacial score (nSPS) is 22.0. The molecule has 1 fully saturated rings. The first-order valence-electron chi connectivity index (χ1n) is 9.13. The van der Waals surface area contributed by atoms with E-state index < -0.39 is 23.3 Å². The summed E-state index contributed by atoms with van der Waals surface area (Å²) in [4.78, 5) is 37.5. The maximum absolute atomic E-state index is 12.7. The Morgan fingerprint density at radius 3 is 2.22 bits per heavy atom. The number of amides is 2. The standard InChI is InChI=1S/C22H24N2O3/c1-14(2)13-22(3)19(25)18(21(27)24-22)20(26)23-17-11-9-16(10-12-17)15-7-5-4-6-8-15/h4-12,14,18H,13H2,1-3H3,(H,23,26)(H,24,27). The number of nitrogens with one attached hydrogen (secondary N) is 2. The molecule has 0 saturated carbocycles. The van der Waals surface area contributed by atoms with Crippen LogP contribution in [0.4, 0.5) is 5.69 Å². The highest BCUT2D eigenvalue weighted by molar-refractivity contribution is 6.27. The number of anilines is 1. The van der Waals surface area contributed by atoms with Gasteiger partial charge in [0, 0.05) is 5.69 Å². The molecule has 5 heteroatoms. The van der Waals surface area contributed by atoms with Crippen LogP contribution < -0.4 is 10.6 Å². The summed E-state index contributed by atoms with van der Waals surface area (Å²) in [7, 11) is 0. The number of hydrogen-bond donors (Lipinski definition) is 2. The Balaban J connectivity index is 1.72. The first-order valence-corrected chi connectivity index (χ1v) is 9.13. The van der Waals surface area contributed by atoms with Crippen LogP contribution in [-0.4, -0.2) is 23.1 Å². The van der Waals surface area contributed by atoms with Crippen molar-refractivity contribution in [3.8, 4) is 11.1 Å². The second kappa shape index (κ2) is 7.35. The van der Waals surface area contributed by atoms with Gasteiger partial charge in [-0.2, -0.15) is 0 Å². The van der Waals surface area contributed by atoms with Crippen molar-refractivity contribution in [1.29, 1.82) is 0 Å². The number of rotatable bonds is 5. The molecule has 0 spiro atoms. The smallest absolute Gasteiger partial charge is 0.244 e. The summed E-state index contributed by atoms with van der Waals surface area (Å²) in [5, 5.41) is 5.40. The average molecular weight is 364 g/mol. The molecule has 2 aromatic rings. The van der Waals surface area contributed by atoms with Gasteiger partial charge in [-0.25, -0.2) is 0 Å². The van der Waals surface area contributed by atoms with Crippen LogP contribution in [0, 0.1) is 11.8 Å². The van der Waals surface area contributed by atoms with Crippen molar-refractivity contribution in [2.45, 2.75) is 32.7 Å². The Labute approximate surface area is 159 Å². The van der Waals surface area contributed by atoms with Crippen LogP contribution in [0.15, 0.2) is 54.6 Å². The number of Topliss-reactive ketones (excluding diaryl/α,β-unsaturated/α-hetero) is 1. The van der Waals surface area contributed by atoms with E-state index in [1.807, 2.05) is 56.3 Å². The van der Waals surface area contributed by atoms with Crippen LogP contribution in [0.1, 0.15) is 27.2 Å². The van der Waals surface area contributed by atoms with Gasteiger partial charge < -0.3 is 10.6 Å². The number of carbonyl (C=O) groups is 3. The van der Waals surface area contributed by atoms with Crippen molar-refractivity contribution in [2.24, 2.45) is 11.8 Å². The average Bonchev–Trinajstić information content (AvgIpc) is 2.84. The number of benzene rings is 2. The van der Waals surface area contributed by atoms with E-state index in [1.54, 1.807) is 19.1 Å². The van der Waals surface area contributed by atoms with Crippen molar-refractivity contribution in [2.75, 3.05) is 5.32 Å². The predicted molar refractivity (Wildman–Crippen MR) is 105 cm³/mol. The maximum atomic E-state index is 12.7. The van der Waals surface area contributed by atoms with Crippen LogP contribution in [0.5, 0.6) is 0 Å². The molecule has 3 rings (SSSR count). The minimum absolute atomic E-state index is 0.228. The third-order valence-corrected chi connectivity index (χ3v) is 4.81. The molecule has 0 aliphatic carbocycles. The zero-order valence-electron chi connectivity index (χ0n) is 15.8. The molecule has 5 nitrogen and oxygen atoms in total. The highest BCUT2D eigenvalue weighted by Gasteiger charge is 2.52. The fraction of sp³-hybridized carbons (Fsp3) is 0.318. The van der Waals surface area contributed by atoms with Gasteiger partial charge >= 0.3 is 0 Å². The number of ketones is 1. The SMILES string of the molecule is CC(C)CC1(C)NC(=O)C(C(=O)Nc2ccc(-c3ccccc3)cc2)C1=O. The third kappa shape index (κ3) is 3.92. The maximum Gasteiger partial charge on any atom is 0.244 e. The van der Waals surface area contributed by atoms with E-state index in [4.69, 9.17) is 0 Å².